The number of nitrogens with zero attached hydrogens (tertiary/aromatic N) is 1. The Kier molecular flexibility index (Phi) is 13.6. The van der Waals surface area contributed by atoms with Gasteiger partial charge in [0.25, 0.3) is 0 Å². The highest BCUT2D eigenvalue weighted by Gasteiger charge is 2.34. The maximum atomic E-state index is 13.6. The van der Waals surface area contributed by atoms with Crippen molar-refractivity contribution in [3.63, 3.8) is 0 Å². The summed E-state index contributed by atoms with van der Waals surface area (Å²) in [6.45, 7) is 11.3. The van der Waals surface area contributed by atoms with Crippen LogP contribution in [0.5, 0.6) is 0 Å². The van der Waals surface area contributed by atoms with Crippen LogP contribution >= 0.6 is 0 Å². The average molecular weight is 506 g/mol. The van der Waals surface area contributed by atoms with E-state index in [9.17, 15) is 19.2 Å². The van der Waals surface area contributed by atoms with Crippen molar-refractivity contribution < 1.29 is 28.7 Å². The van der Waals surface area contributed by atoms with E-state index in [4.69, 9.17) is 9.47 Å². The monoisotopic (exact) mass is 505 g/mol. The minimum absolute atomic E-state index is 0.0299. The van der Waals surface area contributed by atoms with Gasteiger partial charge < -0.3 is 25.0 Å². The largest absolute Gasteiger partial charge is 0.466 e. The highest BCUT2D eigenvalue weighted by Crippen LogP contribution is 2.23. The second-order valence-electron chi connectivity index (χ2n) is 9.62. The predicted octanol–water partition coefficient (Wildman–Crippen LogP) is 4.12. The number of carbonyl (C=O) groups excluding carboxylic acids is 4. The summed E-state index contributed by atoms with van der Waals surface area (Å²) in [5, 5.41) is 5.36. The maximum Gasteiger partial charge on any atom is 0.408 e. The Hall–Kier alpha value is -3.10. The van der Waals surface area contributed by atoms with Crippen molar-refractivity contribution in [3.8, 4) is 0 Å². The summed E-state index contributed by atoms with van der Waals surface area (Å²) >= 11 is 0. The molecular weight excluding hydrogens is 462 g/mol. The van der Waals surface area contributed by atoms with Gasteiger partial charge in [0.05, 0.1) is 13.0 Å². The molecule has 0 bridgehead atoms. The van der Waals surface area contributed by atoms with E-state index >= 15 is 0 Å². The van der Waals surface area contributed by atoms with Gasteiger partial charge in [0.1, 0.15) is 17.7 Å². The first kappa shape index (κ1) is 30.9. The number of benzene rings is 1. The second-order valence-corrected chi connectivity index (χ2v) is 9.62. The van der Waals surface area contributed by atoms with Gasteiger partial charge in [-0.3, -0.25) is 14.4 Å². The predicted molar refractivity (Wildman–Crippen MR) is 138 cm³/mol. The molecule has 2 N–H and O–H groups in total. The van der Waals surface area contributed by atoms with E-state index in [0.717, 1.165) is 19.3 Å². The number of carbonyl (C=O) groups is 4. The van der Waals surface area contributed by atoms with Crippen LogP contribution in [0.15, 0.2) is 30.3 Å². The third-order valence-corrected chi connectivity index (χ3v) is 5.25. The number of alkyl carbamates (subject to hydrolysis) is 1. The van der Waals surface area contributed by atoms with Crippen LogP contribution in [0.4, 0.5) is 4.79 Å². The molecule has 0 saturated carbocycles. The molecule has 1 rings (SSSR count). The molecule has 0 aliphatic heterocycles. The molecule has 3 amide bonds. The van der Waals surface area contributed by atoms with E-state index in [1.165, 1.54) is 4.90 Å². The number of amides is 3. The van der Waals surface area contributed by atoms with Crippen molar-refractivity contribution in [3.05, 3.63) is 35.9 Å². The van der Waals surface area contributed by atoms with Crippen LogP contribution in [-0.4, -0.2) is 60.1 Å². The summed E-state index contributed by atoms with van der Waals surface area (Å²) in [7, 11) is 0. The molecule has 0 radical (unpaired) electrons. The summed E-state index contributed by atoms with van der Waals surface area (Å²) < 4.78 is 10.2. The molecule has 0 heterocycles. The normalized spacial score (nSPS) is 12.7. The fourth-order valence-corrected chi connectivity index (χ4v) is 3.60. The number of nitrogens with one attached hydrogen (secondary N) is 2. The first-order chi connectivity index (χ1) is 17.0. The fourth-order valence-electron chi connectivity index (χ4n) is 3.60. The second kappa shape index (κ2) is 15.8. The fraction of sp³-hybridized carbons (Fsp3) is 0.630. The molecule has 0 spiro atoms. The molecule has 9 heteroatoms. The number of rotatable bonds is 14. The lowest BCUT2D eigenvalue weighted by molar-refractivity contribution is -0.144. The van der Waals surface area contributed by atoms with Crippen LogP contribution in [0.2, 0.25) is 0 Å². The van der Waals surface area contributed by atoms with E-state index in [1.54, 1.807) is 58.9 Å². The first-order valence-electron chi connectivity index (χ1n) is 12.8. The van der Waals surface area contributed by atoms with Crippen LogP contribution in [0.1, 0.15) is 85.3 Å². The Bertz CT molecular complexity index is 838. The van der Waals surface area contributed by atoms with E-state index in [2.05, 4.69) is 17.6 Å². The number of ether oxygens (including phenoxy) is 2. The van der Waals surface area contributed by atoms with E-state index in [1.807, 2.05) is 6.07 Å². The summed E-state index contributed by atoms with van der Waals surface area (Å²) in [6.07, 6.45) is 2.97. The molecule has 2 unspecified atom stereocenters. The molecule has 9 nitrogen and oxygen atoms in total. The summed E-state index contributed by atoms with van der Waals surface area (Å²) in [5.74, 6) is -1.21. The smallest absolute Gasteiger partial charge is 0.408 e. The summed E-state index contributed by atoms with van der Waals surface area (Å²) in [6, 6.07) is 7.17. The molecule has 36 heavy (non-hydrogen) atoms. The standard InChI is InChI=1S/C27H43N3O6/c1-7-9-10-14-19-30(25(33)20(3)29-26(34)36-27(4,5)6)23(21-15-12-11-13-16-21)24(32)28-18-17-22(31)35-8-2/h11-13,15-16,20,23H,7-10,14,17-19H2,1-6H3,(H,28,32)(H,29,34). The molecule has 1 aromatic carbocycles. The Labute approximate surface area is 215 Å². The van der Waals surface area contributed by atoms with Gasteiger partial charge in [-0.2, -0.15) is 0 Å². The third kappa shape index (κ3) is 11.6. The van der Waals surface area contributed by atoms with Crippen molar-refractivity contribution in [1.82, 2.24) is 15.5 Å². The highest BCUT2D eigenvalue weighted by atomic mass is 16.6. The summed E-state index contributed by atoms with van der Waals surface area (Å²) in [4.78, 5) is 52.5. The van der Waals surface area contributed by atoms with Crippen molar-refractivity contribution in [2.75, 3.05) is 19.7 Å². The van der Waals surface area contributed by atoms with Gasteiger partial charge >= 0.3 is 12.1 Å². The van der Waals surface area contributed by atoms with Crippen LogP contribution in [-0.2, 0) is 23.9 Å². The van der Waals surface area contributed by atoms with Gasteiger partial charge in [-0.25, -0.2) is 4.79 Å². The Morgan fingerprint density at radius 3 is 2.25 bits per heavy atom. The molecule has 1 aromatic rings. The van der Waals surface area contributed by atoms with Crippen molar-refractivity contribution in [2.24, 2.45) is 0 Å². The Balaban J connectivity index is 3.16. The average Bonchev–Trinajstić information content (AvgIpc) is 2.80. The maximum absolute atomic E-state index is 13.6. The Morgan fingerprint density at radius 1 is 1.00 bits per heavy atom. The zero-order valence-corrected chi connectivity index (χ0v) is 22.6. The SMILES string of the molecule is CCCCCCN(C(=O)C(C)NC(=O)OC(C)(C)C)C(C(=O)NCCC(=O)OCC)c1ccccc1. The van der Waals surface area contributed by atoms with Crippen LogP contribution < -0.4 is 10.6 Å². The molecule has 0 saturated heterocycles. The molecular formula is C27H43N3O6. The topological polar surface area (TPSA) is 114 Å². The van der Waals surface area contributed by atoms with E-state index < -0.39 is 41.6 Å². The number of esters is 1. The molecule has 2 atom stereocenters. The molecule has 0 fully saturated rings. The van der Waals surface area contributed by atoms with Crippen molar-refractivity contribution in [1.29, 1.82) is 0 Å². The zero-order valence-electron chi connectivity index (χ0n) is 22.6. The number of hydrogen-bond acceptors (Lipinski definition) is 6. The Morgan fingerprint density at radius 2 is 1.67 bits per heavy atom. The van der Waals surface area contributed by atoms with Crippen LogP contribution in [0.25, 0.3) is 0 Å². The lowest BCUT2D eigenvalue weighted by Gasteiger charge is -2.33. The van der Waals surface area contributed by atoms with Gasteiger partial charge in [0.2, 0.25) is 11.8 Å². The van der Waals surface area contributed by atoms with E-state index in [-0.39, 0.29) is 19.6 Å². The van der Waals surface area contributed by atoms with Crippen LogP contribution in [0, 0.1) is 0 Å². The lowest BCUT2D eigenvalue weighted by atomic mass is 10.0. The number of hydrogen-bond donors (Lipinski definition) is 2. The molecule has 0 aliphatic carbocycles. The van der Waals surface area contributed by atoms with Gasteiger partial charge in [0, 0.05) is 13.1 Å². The van der Waals surface area contributed by atoms with Crippen molar-refractivity contribution in [2.45, 2.75) is 91.3 Å². The molecule has 0 aromatic heterocycles. The number of unbranched alkanes of at least 4 members (excludes halogenated alkanes) is 3. The summed E-state index contributed by atoms with van der Waals surface area (Å²) in [5.41, 5.74) is -0.0719. The highest BCUT2D eigenvalue weighted by molar-refractivity contribution is 5.92. The lowest BCUT2D eigenvalue weighted by Crippen LogP contribution is -2.52. The van der Waals surface area contributed by atoms with Crippen molar-refractivity contribution >= 4 is 23.9 Å². The molecule has 0 aliphatic rings. The first-order valence-corrected chi connectivity index (χ1v) is 12.8. The van der Waals surface area contributed by atoms with E-state index in [0.29, 0.717) is 18.5 Å². The minimum atomic E-state index is -0.926. The van der Waals surface area contributed by atoms with Crippen LogP contribution in [0.3, 0.4) is 0 Å². The van der Waals surface area contributed by atoms with Gasteiger partial charge in [0.15, 0.2) is 0 Å². The van der Waals surface area contributed by atoms with Gasteiger partial charge in [-0.15, -0.1) is 0 Å². The minimum Gasteiger partial charge on any atom is -0.466 e. The quantitative estimate of drug-likeness (QED) is 0.290. The zero-order chi connectivity index (χ0) is 27.1. The third-order valence-electron chi connectivity index (χ3n) is 5.25. The van der Waals surface area contributed by atoms with Gasteiger partial charge in [-0.05, 0) is 46.6 Å². The molecule has 202 valence electrons. The van der Waals surface area contributed by atoms with Gasteiger partial charge in [-0.1, -0.05) is 56.5 Å².